The first kappa shape index (κ1) is 20.2. The van der Waals surface area contributed by atoms with Gasteiger partial charge in [-0.2, -0.15) is 5.10 Å². The first-order chi connectivity index (χ1) is 15.5. The Kier molecular flexibility index (Phi) is 4.89. The van der Waals surface area contributed by atoms with Crippen molar-refractivity contribution >= 4 is 11.6 Å². The lowest BCUT2D eigenvalue weighted by atomic mass is 9.76. The lowest BCUT2D eigenvalue weighted by molar-refractivity contribution is -0.116. The van der Waals surface area contributed by atoms with Gasteiger partial charge in [-0.15, -0.1) is 0 Å². The molecule has 0 saturated heterocycles. The lowest BCUT2D eigenvalue weighted by Gasteiger charge is -2.33. The van der Waals surface area contributed by atoms with Gasteiger partial charge in [-0.05, 0) is 49.6 Å². The van der Waals surface area contributed by atoms with Crippen LogP contribution >= 0.6 is 0 Å². The molecule has 0 unspecified atom stereocenters. The third-order valence-corrected chi connectivity index (χ3v) is 6.25. The highest BCUT2D eigenvalue weighted by atomic mass is 16.5. The molecule has 164 valence electrons. The van der Waals surface area contributed by atoms with Crippen LogP contribution in [0.2, 0.25) is 0 Å². The number of hydrogen-bond acceptors (Lipinski definition) is 6. The molecule has 32 heavy (non-hydrogen) atoms. The van der Waals surface area contributed by atoms with Gasteiger partial charge in [0.15, 0.2) is 17.3 Å². The van der Waals surface area contributed by atoms with Crippen molar-refractivity contribution < 1.29 is 19.4 Å². The van der Waals surface area contributed by atoms with Gasteiger partial charge in [0.25, 0.3) is 0 Å². The molecule has 0 radical (unpaired) electrons. The zero-order valence-corrected chi connectivity index (χ0v) is 18.3. The molecule has 0 spiro atoms. The number of aryl methyl sites for hydroxylation is 1. The average molecular weight is 431 g/mol. The number of phenolic OH excluding ortho intramolecular Hbond substituents is 1. The molecule has 1 aromatic heterocycles. The summed E-state index contributed by atoms with van der Waals surface area (Å²) < 4.78 is 12.7. The maximum absolute atomic E-state index is 13.1. The number of hydrogen-bond donors (Lipinski definition) is 2. The number of fused-ring (bicyclic) bond motifs is 1. The van der Waals surface area contributed by atoms with Crippen LogP contribution in [-0.4, -0.2) is 34.9 Å². The molecule has 7 heteroatoms. The van der Waals surface area contributed by atoms with Crippen LogP contribution in [0, 0.1) is 6.92 Å². The van der Waals surface area contributed by atoms with Crippen molar-refractivity contribution in [2.45, 2.75) is 32.1 Å². The van der Waals surface area contributed by atoms with Crippen LogP contribution in [0.15, 0.2) is 53.7 Å². The van der Waals surface area contributed by atoms with E-state index in [1.807, 2.05) is 41.9 Å². The molecular formula is C25H25N3O4. The van der Waals surface area contributed by atoms with Crippen LogP contribution in [0.3, 0.4) is 0 Å². The summed E-state index contributed by atoms with van der Waals surface area (Å²) in [6.07, 6.45) is 2.13. The maximum Gasteiger partial charge on any atom is 0.200 e. The van der Waals surface area contributed by atoms with Crippen molar-refractivity contribution in [3.63, 3.8) is 0 Å². The summed E-state index contributed by atoms with van der Waals surface area (Å²) in [6, 6.07) is 13.5. The fraction of sp³-hybridized carbons (Fsp3) is 0.280. The topological polar surface area (TPSA) is 85.6 Å². The first-order valence-corrected chi connectivity index (χ1v) is 10.7. The number of carbonyl (C=O) groups excluding carboxylic acids is 1. The second-order valence-corrected chi connectivity index (χ2v) is 8.10. The van der Waals surface area contributed by atoms with Crippen LogP contribution in [-0.2, 0) is 4.79 Å². The number of aromatic hydroxyl groups is 1. The summed E-state index contributed by atoms with van der Waals surface area (Å²) in [5, 5.41) is 18.8. The molecule has 2 aliphatic rings. The summed E-state index contributed by atoms with van der Waals surface area (Å²) >= 11 is 0. The SMILES string of the molecule is COc1cc([C@H]2C3=C(CCCC3=O)Nc3c2c(C)nn3-c2ccccc2)cc(OC)c1O. The van der Waals surface area contributed by atoms with Crippen molar-refractivity contribution in [2.75, 3.05) is 19.5 Å². The number of nitrogens with one attached hydrogen (secondary N) is 1. The summed E-state index contributed by atoms with van der Waals surface area (Å²) in [5.74, 6) is 1.20. The summed E-state index contributed by atoms with van der Waals surface area (Å²) in [5.41, 5.74) is 5.22. The quantitative estimate of drug-likeness (QED) is 0.634. The predicted octanol–water partition coefficient (Wildman–Crippen LogP) is 4.47. The van der Waals surface area contributed by atoms with Gasteiger partial charge in [0, 0.05) is 29.2 Å². The molecule has 2 N–H and O–H groups in total. The van der Waals surface area contributed by atoms with Gasteiger partial charge in [-0.3, -0.25) is 4.79 Å². The third kappa shape index (κ3) is 3.04. The van der Waals surface area contributed by atoms with Gasteiger partial charge < -0.3 is 19.9 Å². The number of para-hydroxylation sites is 1. The van der Waals surface area contributed by atoms with Crippen LogP contribution < -0.4 is 14.8 Å². The van der Waals surface area contributed by atoms with Crippen molar-refractivity contribution in [1.82, 2.24) is 9.78 Å². The number of anilines is 1. The molecule has 0 fully saturated rings. The minimum atomic E-state index is -0.338. The zero-order chi connectivity index (χ0) is 22.4. The Morgan fingerprint density at radius 2 is 1.78 bits per heavy atom. The van der Waals surface area contributed by atoms with Crippen LogP contribution in [0.25, 0.3) is 5.69 Å². The predicted molar refractivity (Wildman–Crippen MR) is 121 cm³/mol. The lowest BCUT2D eigenvalue weighted by Crippen LogP contribution is -2.27. The Labute approximate surface area is 186 Å². The van der Waals surface area contributed by atoms with E-state index in [1.165, 1.54) is 14.2 Å². The van der Waals surface area contributed by atoms with E-state index in [2.05, 4.69) is 5.32 Å². The number of allylic oxidation sites excluding steroid dienone is 2. The van der Waals surface area contributed by atoms with Crippen LogP contribution in [0.4, 0.5) is 5.82 Å². The van der Waals surface area contributed by atoms with Crippen LogP contribution in [0.1, 0.15) is 42.0 Å². The number of methoxy groups -OCH3 is 2. The molecule has 2 aromatic carbocycles. The number of aromatic nitrogens is 2. The summed E-state index contributed by atoms with van der Waals surface area (Å²) in [6.45, 7) is 1.96. The molecule has 1 atom stereocenters. The van der Waals surface area contributed by atoms with Gasteiger partial charge in [-0.1, -0.05) is 18.2 Å². The molecule has 0 saturated carbocycles. The average Bonchev–Trinajstić information content (AvgIpc) is 3.15. The molecule has 0 bridgehead atoms. The number of benzene rings is 2. The Bertz CT molecular complexity index is 1220. The van der Waals surface area contributed by atoms with Crippen molar-refractivity contribution in [1.29, 1.82) is 0 Å². The van der Waals surface area contributed by atoms with Gasteiger partial charge in [-0.25, -0.2) is 4.68 Å². The van der Waals surface area contributed by atoms with E-state index in [0.29, 0.717) is 17.9 Å². The van der Waals surface area contributed by atoms with E-state index < -0.39 is 0 Å². The Morgan fingerprint density at radius 1 is 1.09 bits per heavy atom. The largest absolute Gasteiger partial charge is 0.502 e. The fourth-order valence-electron chi connectivity index (χ4n) is 4.79. The Morgan fingerprint density at radius 3 is 2.44 bits per heavy atom. The van der Waals surface area contributed by atoms with Gasteiger partial charge in [0.1, 0.15) is 5.82 Å². The normalized spacial score (nSPS) is 17.5. The number of nitrogens with zero attached hydrogens (tertiary/aromatic N) is 2. The number of Topliss-reactive ketones (excluding diaryl/α,β-unsaturated/α-hetero) is 1. The smallest absolute Gasteiger partial charge is 0.200 e. The molecule has 0 amide bonds. The maximum atomic E-state index is 13.1. The van der Waals surface area contributed by atoms with Gasteiger partial charge in [0.2, 0.25) is 5.75 Å². The van der Waals surface area contributed by atoms with E-state index >= 15 is 0 Å². The second kappa shape index (κ2) is 7.75. The minimum absolute atomic E-state index is 0.0613. The second-order valence-electron chi connectivity index (χ2n) is 8.10. The monoisotopic (exact) mass is 431 g/mol. The fourth-order valence-corrected chi connectivity index (χ4v) is 4.79. The van der Waals surface area contributed by atoms with Gasteiger partial charge in [0.05, 0.1) is 25.6 Å². The van der Waals surface area contributed by atoms with E-state index in [1.54, 1.807) is 12.1 Å². The number of ketones is 1. The molecule has 2 heterocycles. The van der Waals surface area contributed by atoms with Gasteiger partial charge >= 0.3 is 0 Å². The van der Waals surface area contributed by atoms with E-state index in [9.17, 15) is 9.90 Å². The number of phenols is 1. The standard InChI is InChI=1S/C25H25N3O4/c1-14-21-22(15-12-19(31-2)24(30)20(13-15)32-3)23-17(10-7-11-18(23)29)26-25(21)28(27-14)16-8-5-4-6-9-16/h4-6,8-9,12-13,22,26,30H,7,10-11H2,1-3H3/t22-/m1/s1. The Hall–Kier alpha value is -3.74. The molecule has 1 aliphatic carbocycles. The van der Waals surface area contributed by atoms with E-state index in [0.717, 1.165) is 52.4 Å². The summed E-state index contributed by atoms with van der Waals surface area (Å²) in [7, 11) is 3.00. The minimum Gasteiger partial charge on any atom is -0.502 e. The van der Waals surface area contributed by atoms with E-state index in [4.69, 9.17) is 14.6 Å². The number of ether oxygens (including phenoxy) is 2. The molecule has 7 nitrogen and oxygen atoms in total. The number of carbonyl (C=O) groups is 1. The zero-order valence-electron chi connectivity index (χ0n) is 18.3. The highest BCUT2D eigenvalue weighted by molar-refractivity contribution is 6.01. The number of rotatable bonds is 4. The van der Waals surface area contributed by atoms with Crippen LogP contribution in [0.5, 0.6) is 17.2 Å². The highest BCUT2D eigenvalue weighted by Gasteiger charge is 2.39. The molecule has 3 aromatic rings. The molecular weight excluding hydrogens is 406 g/mol. The van der Waals surface area contributed by atoms with Crippen molar-refractivity contribution in [3.05, 3.63) is 70.6 Å². The van der Waals surface area contributed by atoms with Crippen molar-refractivity contribution in [3.8, 4) is 22.9 Å². The first-order valence-electron chi connectivity index (χ1n) is 10.7. The summed E-state index contributed by atoms with van der Waals surface area (Å²) in [4.78, 5) is 13.1. The highest BCUT2D eigenvalue weighted by Crippen LogP contribution is 2.50. The molecule has 1 aliphatic heterocycles. The molecule has 5 rings (SSSR count). The van der Waals surface area contributed by atoms with E-state index in [-0.39, 0.29) is 17.5 Å². The van der Waals surface area contributed by atoms with Crippen molar-refractivity contribution in [2.24, 2.45) is 0 Å². The Balaban J connectivity index is 1.78. The third-order valence-electron chi connectivity index (χ3n) is 6.25.